The van der Waals surface area contributed by atoms with Crippen molar-refractivity contribution in [2.75, 3.05) is 12.4 Å². The van der Waals surface area contributed by atoms with Crippen molar-refractivity contribution in [2.24, 2.45) is 11.8 Å². The molecule has 1 heterocycles. The van der Waals surface area contributed by atoms with Crippen LogP contribution in [0, 0.1) is 11.8 Å². The first kappa shape index (κ1) is 13.3. The summed E-state index contributed by atoms with van der Waals surface area (Å²) in [7, 11) is 1.52. The maximum Gasteiger partial charge on any atom is 0.306 e. The maximum atomic E-state index is 12.0. The Bertz CT molecular complexity index is 472. The predicted octanol–water partition coefficient (Wildman–Crippen LogP) is 1.53. The van der Waals surface area contributed by atoms with Crippen LogP contribution in [0.4, 0.5) is 5.69 Å². The molecular weight excluding hydrogens is 248 g/mol. The average Bonchev–Trinajstić information content (AvgIpc) is 2.89. The molecule has 2 N–H and O–H groups in total. The van der Waals surface area contributed by atoms with Crippen LogP contribution in [0.15, 0.2) is 18.3 Å². The predicted molar refractivity (Wildman–Crippen MR) is 67.9 cm³/mol. The van der Waals surface area contributed by atoms with Crippen LogP contribution in [0.5, 0.6) is 5.88 Å². The highest BCUT2D eigenvalue weighted by Gasteiger charge is 2.33. The van der Waals surface area contributed by atoms with Gasteiger partial charge in [0, 0.05) is 12.0 Å². The molecular formula is C13H16N2O4. The first-order chi connectivity index (χ1) is 9.10. The number of aliphatic carboxylic acids is 1. The Kier molecular flexibility index (Phi) is 3.99. The smallest absolute Gasteiger partial charge is 0.306 e. The zero-order valence-electron chi connectivity index (χ0n) is 10.6. The summed E-state index contributed by atoms with van der Waals surface area (Å²) in [5, 5.41) is 11.6. The van der Waals surface area contributed by atoms with Gasteiger partial charge in [-0.15, -0.1) is 0 Å². The molecule has 0 radical (unpaired) electrons. The van der Waals surface area contributed by atoms with Crippen LogP contribution in [0.3, 0.4) is 0 Å². The van der Waals surface area contributed by atoms with Gasteiger partial charge in [-0.1, -0.05) is 0 Å². The molecule has 1 saturated carbocycles. The first-order valence-electron chi connectivity index (χ1n) is 6.14. The molecule has 1 aliphatic rings. The van der Waals surface area contributed by atoms with Crippen molar-refractivity contribution in [2.45, 2.75) is 19.3 Å². The minimum atomic E-state index is -0.818. The third-order valence-corrected chi connectivity index (χ3v) is 3.37. The number of hydrogen-bond acceptors (Lipinski definition) is 4. The number of amides is 1. The van der Waals surface area contributed by atoms with Crippen LogP contribution >= 0.6 is 0 Å². The Morgan fingerprint density at radius 1 is 1.37 bits per heavy atom. The van der Waals surface area contributed by atoms with E-state index in [1.807, 2.05) is 0 Å². The third kappa shape index (κ3) is 3.21. The summed E-state index contributed by atoms with van der Waals surface area (Å²) < 4.78 is 4.93. The Morgan fingerprint density at radius 2 is 2.11 bits per heavy atom. The number of carbonyl (C=O) groups excluding carboxylic acids is 1. The summed E-state index contributed by atoms with van der Waals surface area (Å²) in [4.78, 5) is 26.8. The molecule has 0 saturated heterocycles. The molecule has 2 rings (SSSR count). The van der Waals surface area contributed by atoms with E-state index >= 15 is 0 Å². The Balaban J connectivity index is 1.92. The molecule has 2 atom stereocenters. The molecule has 1 aromatic rings. The van der Waals surface area contributed by atoms with Gasteiger partial charge in [-0.05, 0) is 25.3 Å². The van der Waals surface area contributed by atoms with Crippen LogP contribution in [0.25, 0.3) is 0 Å². The lowest BCUT2D eigenvalue weighted by Crippen LogP contribution is -2.21. The van der Waals surface area contributed by atoms with Crippen molar-refractivity contribution in [1.82, 2.24) is 4.98 Å². The zero-order valence-corrected chi connectivity index (χ0v) is 10.6. The van der Waals surface area contributed by atoms with Crippen LogP contribution < -0.4 is 10.1 Å². The SMILES string of the molecule is COc1ccc(NC(=O)[C@@H]2CC[C@H](C(=O)O)C2)cn1. The van der Waals surface area contributed by atoms with E-state index in [0.717, 1.165) is 0 Å². The molecule has 0 aromatic carbocycles. The molecule has 6 heteroatoms. The lowest BCUT2D eigenvalue weighted by atomic mass is 10.0. The van der Waals surface area contributed by atoms with Crippen LogP contribution in [-0.4, -0.2) is 29.1 Å². The number of methoxy groups -OCH3 is 1. The molecule has 1 aliphatic carbocycles. The van der Waals surface area contributed by atoms with Gasteiger partial charge < -0.3 is 15.2 Å². The van der Waals surface area contributed by atoms with Crippen molar-refractivity contribution in [3.8, 4) is 5.88 Å². The number of nitrogens with zero attached hydrogens (tertiary/aromatic N) is 1. The van der Waals surface area contributed by atoms with Gasteiger partial charge >= 0.3 is 5.97 Å². The lowest BCUT2D eigenvalue weighted by Gasteiger charge is -2.10. The average molecular weight is 264 g/mol. The van der Waals surface area contributed by atoms with E-state index in [9.17, 15) is 9.59 Å². The molecule has 0 unspecified atom stereocenters. The van der Waals surface area contributed by atoms with Gasteiger partial charge in [0.1, 0.15) is 0 Å². The van der Waals surface area contributed by atoms with E-state index in [1.54, 1.807) is 12.1 Å². The zero-order chi connectivity index (χ0) is 13.8. The number of hydrogen-bond donors (Lipinski definition) is 2. The largest absolute Gasteiger partial charge is 0.481 e. The van der Waals surface area contributed by atoms with Gasteiger partial charge in [-0.2, -0.15) is 0 Å². The second-order valence-electron chi connectivity index (χ2n) is 4.62. The molecule has 102 valence electrons. The van der Waals surface area contributed by atoms with Crippen molar-refractivity contribution in [3.63, 3.8) is 0 Å². The lowest BCUT2D eigenvalue weighted by molar-refractivity contribution is -0.141. The van der Waals surface area contributed by atoms with Gasteiger partial charge in [-0.3, -0.25) is 9.59 Å². The van der Waals surface area contributed by atoms with Gasteiger partial charge in [0.25, 0.3) is 0 Å². The molecule has 1 aromatic heterocycles. The molecule has 19 heavy (non-hydrogen) atoms. The number of carboxylic acids is 1. The minimum Gasteiger partial charge on any atom is -0.481 e. The van der Waals surface area contributed by atoms with Crippen LogP contribution in [0.1, 0.15) is 19.3 Å². The summed E-state index contributed by atoms with van der Waals surface area (Å²) in [6.45, 7) is 0. The quantitative estimate of drug-likeness (QED) is 0.861. The fourth-order valence-electron chi connectivity index (χ4n) is 2.26. The van der Waals surface area contributed by atoms with Crippen LogP contribution in [-0.2, 0) is 9.59 Å². The number of carbonyl (C=O) groups is 2. The van der Waals surface area contributed by atoms with E-state index in [0.29, 0.717) is 30.8 Å². The van der Waals surface area contributed by atoms with Crippen molar-refractivity contribution in [3.05, 3.63) is 18.3 Å². The monoisotopic (exact) mass is 264 g/mol. The van der Waals surface area contributed by atoms with Crippen LogP contribution in [0.2, 0.25) is 0 Å². The standard InChI is InChI=1S/C13H16N2O4/c1-19-11-5-4-10(7-14-11)15-12(16)8-2-3-9(6-8)13(17)18/h4-5,7-9H,2-3,6H2,1H3,(H,15,16)(H,17,18)/t8-,9+/m1/s1. The number of anilines is 1. The Morgan fingerprint density at radius 3 is 2.63 bits per heavy atom. The second kappa shape index (κ2) is 5.69. The summed E-state index contributed by atoms with van der Waals surface area (Å²) in [5.74, 6) is -1.12. The Hall–Kier alpha value is -2.11. The highest BCUT2D eigenvalue weighted by molar-refractivity contribution is 5.93. The molecule has 0 aliphatic heterocycles. The molecule has 1 fully saturated rings. The van der Waals surface area contributed by atoms with E-state index in [4.69, 9.17) is 9.84 Å². The number of pyridine rings is 1. The van der Waals surface area contributed by atoms with Crippen molar-refractivity contribution >= 4 is 17.6 Å². The highest BCUT2D eigenvalue weighted by Crippen LogP contribution is 2.31. The number of nitrogens with one attached hydrogen (secondary N) is 1. The number of carboxylic acid groups (broad SMARTS) is 1. The van der Waals surface area contributed by atoms with Crippen molar-refractivity contribution < 1.29 is 19.4 Å². The van der Waals surface area contributed by atoms with Gasteiger partial charge in [0.05, 0.1) is 24.9 Å². The number of ether oxygens (including phenoxy) is 1. The summed E-state index contributed by atoms with van der Waals surface area (Å²) in [5.41, 5.74) is 0.588. The molecule has 6 nitrogen and oxygen atoms in total. The third-order valence-electron chi connectivity index (χ3n) is 3.37. The van der Waals surface area contributed by atoms with E-state index in [-0.39, 0.29) is 11.8 Å². The normalized spacial score (nSPS) is 21.9. The van der Waals surface area contributed by atoms with Gasteiger partial charge in [0.2, 0.25) is 11.8 Å². The summed E-state index contributed by atoms with van der Waals surface area (Å²) >= 11 is 0. The van der Waals surface area contributed by atoms with E-state index < -0.39 is 11.9 Å². The van der Waals surface area contributed by atoms with Gasteiger partial charge in [-0.25, -0.2) is 4.98 Å². The first-order valence-corrected chi connectivity index (χ1v) is 6.14. The van der Waals surface area contributed by atoms with E-state index in [1.165, 1.54) is 13.3 Å². The minimum absolute atomic E-state index is 0.143. The molecule has 1 amide bonds. The number of aromatic nitrogens is 1. The summed E-state index contributed by atoms with van der Waals surface area (Å²) in [6.07, 6.45) is 3.10. The molecule has 0 spiro atoms. The second-order valence-corrected chi connectivity index (χ2v) is 4.62. The van der Waals surface area contributed by atoms with E-state index in [2.05, 4.69) is 10.3 Å². The van der Waals surface area contributed by atoms with Crippen molar-refractivity contribution in [1.29, 1.82) is 0 Å². The topological polar surface area (TPSA) is 88.5 Å². The Labute approximate surface area is 110 Å². The fraction of sp³-hybridized carbons (Fsp3) is 0.462. The molecule has 0 bridgehead atoms. The highest BCUT2D eigenvalue weighted by atomic mass is 16.5. The number of rotatable bonds is 4. The van der Waals surface area contributed by atoms with Gasteiger partial charge in [0.15, 0.2) is 0 Å². The fourth-order valence-corrected chi connectivity index (χ4v) is 2.26. The summed E-state index contributed by atoms with van der Waals surface area (Å²) in [6, 6.07) is 3.36. The maximum absolute atomic E-state index is 12.0.